The molecule has 1 aromatic rings. The molecule has 1 N–H and O–H groups in total. The van der Waals surface area contributed by atoms with Gasteiger partial charge in [-0.1, -0.05) is 13.0 Å². The highest BCUT2D eigenvalue weighted by Crippen LogP contribution is 2.24. The SMILES string of the molecule is CCCC(=O)N1CCC(N2CCC[C@@H](C(=O)NCc3cccnc3)C2)CC1. The van der Waals surface area contributed by atoms with Crippen LogP contribution >= 0.6 is 0 Å². The number of nitrogens with zero attached hydrogens (tertiary/aromatic N) is 3. The summed E-state index contributed by atoms with van der Waals surface area (Å²) in [5.41, 5.74) is 1.03. The zero-order valence-corrected chi connectivity index (χ0v) is 16.4. The lowest BCUT2D eigenvalue weighted by molar-refractivity contribution is -0.133. The fourth-order valence-electron chi connectivity index (χ4n) is 4.24. The monoisotopic (exact) mass is 372 g/mol. The molecule has 3 rings (SSSR count). The van der Waals surface area contributed by atoms with Crippen molar-refractivity contribution in [1.29, 1.82) is 0 Å². The van der Waals surface area contributed by atoms with Crippen LogP contribution in [0.5, 0.6) is 0 Å². The number of hydrogen-bond acceptors (Lipinski definition) is 4. The molecule has 0 spiro atoms. The van der Waals surface area contributed by atoms with Crippen LogP contribution in [0.25, 0.3) is 0 Å². The van der Waals surface area contributed by atoms with Crippen molar-refractivity contribution in [1.82, 2.24) is 20.1 Å². The number of rotatable bonds is 6. The molecule has 148 valence electrons. The second-order valence-corrected chi connectivity index (χ2v) is 7.78. The predicted octanol–water partition coefficient (Wildman–Crippen LogP) is 2.20. The van der Waals surface area contributed by atoms with Crippen molar-refractivity contribution in [2.75, 3.05) is 26.2 Å². The Labute approximate surface area is 162 Å². The first kappa shape index (κ1) is 19.8. The molecule has 2 saturated heterocycles. The number of likely N-dealkylation sites (tertiary alicyclic amines) is 2. The molecule has 6 nitrogen and oxygen atoms in total. The van der Waals surface area contributed by atoms with E-state index in [1.165, 1.54) is 0 Å². The number of hydrogen-bond donors (Lipinski definition) is 1. The van der Waals surface area contributed by atoms with E-state index in [0.29, 0.717) is 24.9 Å². The molecule has 2 aliphatic heterocycles. The van der Waals surface area contributed by atoms with Crippen LogP contribution in [0.2, 0.25) is 0 Å². The summed E-state index contributed by atoms with van der Waals surface area (Å²) in [5, 5.41) is 3.07. The van der Waals surface area contributed by atoms with Gasteiger partial charge in [0.05, 0.1) is 5.92 Å². The van der Waals surface area contributed by atoms with E-state index in [2.05, 4.69) is 22.1 Å². The van der Waals surface area contributed by atoms with E-state index in [-0.39, 0.29) is 11.8 Å². The van der Waals surface area contributed by atoms with Gasteiger partial charge >= 0.3 is 0 Å². The van der Waals surface area contributed by atoms with E-state index in [0.717, 1.165) is 63.8 Å². The van der Waals surface area contributed by atoms with Gasteiger partial charge in [0.25, 0.3) is 0 Å². The third kappa shape index (κ3) is 5.51. The van der Waals surface area contributed by atoms with Crippen LogP contribution in [0.3, 0.4) is 0 Å². The summed E-state index contributed by atoms with van der Waals surface area (Å²) in [6.07, 6.45) is 9.20. The van der Waals surface area contributed by atoms with Gasteiger partial charge in [0.1, 0.15) is 0 Å². The molecule has 1 atom stereocenters. The summed E-state index contributed by atoms with van der Waals surface area (Å²) >= 11 is 0. The summed E-state index contributed by atoms with van der Waals surface area (Å²) in [6, 6.07) is 4.37. The maximum Gasteiger partial charge on any atom is 0.224 e. The van der Waals surface area contributed by atoms with Crippen molar-refractivity contribution in [3.63, 3.8) is 0 Å². The topological polar surface area (TPSA) is 65.5 Å². The average molecular weight is 373 g/mol. The van der Waals surface area contributed by atoms with E-state index in [1.807, 2.05) is 17.0 Å². The molecule has 0 saturated carbocycles. The second-order valence-electron chi connectivity index (χ2n) is 7.78. The van der Waals surface area contributed by atoms with Gasteiger partial charge < -0.3 is 10.2 Å². The van der Waals surface area contributed by atoms with Gasteiger partial charge in [-0.25, -0.2) is 0 Å². The van der Waals surface area contributed by atoms with Crippen molar-refractivity contribution in [3.8, 4) is 0 Å². The second kappa shape index (κ2) is 9.83. The Morgan fingerprint density at radius 3 is 2.74 bits per heavy atom. The Morgan fingerprint density at radius 1 is 1.22 bits per heavy atom. The highest BCUT2D eigenvalue weighted by molar-refractivity contribution is 5.79. The molecule has 0 bridgehead atoms. The van der Waals surface area contributed by atoms with Crippen LogP contribution in [0.4, 0.5) is 0 Å². The molecule has 0 unspecified atom stereocenters. The number of pyridine rings is 1. The summed E-state index contributed by atoms with van der Waals surface area (Å²) in [4.78, 5) is 33.3. The first-order valence-electron chi connectivity index (χ1n) is 10.4. The summed E-state index contributed by atoms with van der Waals surface area (Å²) < 4.78 is 0. The largest absolute Gasteiger partial charge is 0.352 e. The first-order chi connectivity index (χ1) is 13.2. The third-order valence-corrected chi connectivity index (χ3v) is 5.81. The van der Waals surface area contributed by atoms with Gasteiger partial charge in [0.15, 0.2) is 0 Å². The van der Waals surface area contributed by atoms with Crippen molar-refractivity contribution in [3.05, 3.63) is 30.1 Å². The van der Waals surface area contributed by atoms with Gasteiger partial charge in [-0.15, -0.1) is 0 Å². The number of piperidine rings is 2. The summed E-state index contributed by atoms with van der Waals surface area (Å²) in [6.45, 7) is 6.22. The van der Waals surface area contributed by atoms with Crippen LogP contribution in [-0.4, -0.2) is 58.8 Å². The third-order valence-electron chi connectivity index (χ3n) is 5.81. The van der Waals surface area contributed by atoms with E-state index < -0.39 is 0 Å². The molecule has 27 heavy (non-hydrogen) atoms. The molecule has 0 radical (unpaired) electrons. The number of aromatic nitrogens is 1. The van der Waals surface area contributed by atoms with Crippen molar-refractivity contribution < 1.29 is 9.59 Å². The maximum atomic E-state index is 12.6. The van der Waals surface area contributed by atoms with Crippen molar-refractivity contribution >= 4 is 11.8 Å². The first-order valence-corrected chi connectivity index (χ1v) is 10.4. The Balaban J connectivity index is 1.45. The Kier molecular flexibility index (Phi) is 7.21. The fraction of sp³-hybridized carbons (Fsp3) is 0.667. The molecular weight excluding hydrogens is 340 g/mol. The minimum atomic E-state index is 0.0650. The van der Waals surface area contributed by atoms with E-state index >= 15 is 0 Å². The highest BCUT2D eigenvalue weighted by Gasteiger charge is 2.32. The minimum absolute atomic E-state index is 0.0650. The molecule has 6 heteroatoms. The molecule has 0 aliphatic carbocycles. The van der Waals surface area contributed by atoms with Gasteiger partial charge in [-0.05, 0) is 50.3 Å². The van der Waals surface area contributed by atoms with E-state index in [1.54, 1.807) is 12.4 Å². The van der Waals surface area contributed by atoms with Crippen molar-refractivity contribution in [2.24, 2.45) is 5.92 Å². The Bertz CT molecular complexity index is 614. The molecule has 2 amide bonds. The Morgan fingerprint density at radius 2 is 2.04 bits per heavy atom. The number of carbonyl (C=O) groups excluding carboxylic acids is 2. The molecule has 3 heterocycles. The number of amides is 2. The van der Waals surface area contributed by atoms with Gasteiger partial charge in [-0.3, -0.25) is 19.5 Å². The van der Waals surface area contributed by atoms with Gasteiger partial charge in [-0.2, -0.15) is 0 Å². The predicted molar refractivity (Wildman–Crippen MR) is 105 cm³/mol. The molecular formula is C21H32N4O2. The Hall–Kier alpha value is -1.95. The molecule has 1 aromatic heterocycles. The highest BCUT2D eigenvalue weighted by atomic mass is 16.2. The lowest BCUT2D eigenvalue weighted by Gasteiger charge is -2.42. The average Bonchev–Trinajstić information content (AvgIpc) is 2.73. The van der Waals surface area contributed by atoms with Crippen LogP contribution in [0.1, 0.15) is 51.0 Å². The lowest BCUT2D eigenvalue weighted by atomic mass is 9.93. The molecule has 0 aromatic carbocycles. The zero-order chi connectivity index (χ0) is 19.1. The zero-order valence-electron chi connectivity index (χ0n) is 16.4. The summed E-state index contributed by atoms with van der Waals surface area (Å²) in [7, 11) is 0. The van der Waals surface area contributed by atoms with Crippen LogP contribution < -0.4 is 5.32 Å². The fourth-order valence-corrected chi connectivity index (χ4v) is 4.24. The van der Waals surface area contributed by atoms with Crippen molar-refractivity contribution in [2.45, 2.75) is 58.0 Å². The van der Waals surface area contributed by atoms with Crippen LogP contribution in [-0.2, 0) is 16.1 Å². The number of nitrogens with one attached hydrogen (secondary N) is 1. The normalized spacial score (nSPS) is 21.8. The minimum Gasteiger partial charge on any atom is -0.352 e. The van der Waals surface area contributed by atoms with Crippen LogP contribution in [0, 0.1) is 5.92 Å². The lowest BCUT2D eigenvalue weighted by Crippen LogP contribution is -2.51. The van der Waals surface area contributed by atoms with E-state index in [4.69, 9.17) is 0 Å². The molecule has 2 fully saturated rings. The van der Waals surface area contributed by atoms with Gasteiger partial charge in [0.2, 0.25) is 11.8 Å². The van der Waals surface area contributed by atoms with Crippen LogP contribution in [0.15, 0.2) is 24.5 Å². The van der Waals surface area contributed by atoms with Gasteiger partial charge in [0, 0.05) is 51.0 Å². The smallest absolute Gasteiger partial charge is 0.224 e. The number of carbonyl (C=O) groups is 2. The quantitative estimate of drug-likeness (QED) is 0.831. The summed E-state index contributed by atoms with van der Waals surface area (Å²) in [5.74, 6) is 0.511. The maximum absolute atomic E-state index is 12.6. The molecule has 2 aliphatic rings. The standard InChI is InChI=1S/C21H32N4O2/c1-2-5-20(26)24-12-8-19(9-13-24)25-11-4-7-18(16-25)21(27)23-15-17-6-3-10-22-14-17/h3,6,10,14,18-19H,2,4-5,7-9,11-13,15-16H2,1H3,(H,23,27)/t18-/m1/s1. The van der Waals surface area contributed by atoms with E-state index in [9.17, 15) is 9.59 Å².